The second-order valence-electron chi connectivity index (χ2n) is 7.88. The lowest BCUT2D eigenvalue weighted by atomic mass is 10.0. The molecule has 2 atom stereocenters. The maximum absolute atomic E-state index is 13.3. The van der Waals surface area contributed by atoms with Gasteiger partial charge in [0.15, 0.2) is 0 Å². The van der Waals surface area contributed by atoms with Crippen molar-refractivity contribution < 1.29 is 0 Å². The topological polar surface area (TPSA) is 47.8 Å². The Kier molecular flexibility index (Phi) is 3.78. The lowest BCUT2D eigenvalue weighted by Gasteiger charge is -2.10. The highest BCUT2D eigenvalue weighted by Crippen LogP contribution is 2.50. The van der Waals surface area contributed by atoms with Gasteiger partial charge >= 0.3 is 0 Å². The van der Waals surface area contributed by atoms with Crippen molar-refractivity contribution in [3.8, 4) is 11.1 Å². The van der Waals surface area contributed by atoms with Crippen LogP contribution in [-0.2, 0) is 0 Å². The summed E-state index contributed by atoms with van der Waals surface area (Å²) < 4.78 is 1.89. The van der Waals surface area contributed by atoms with E-state index in [0.717, 1.165) is 44.9 Å². The minimum absolute atomic E-state index is 0.0616. The maximum Gasteiger partial charge on any atom is 0.258 e. The molecule has 0 amide bonds. The van der Waals surface area contributed by atoms with Crippen LogP contribution in [0.25, 0.3) is 32.8 Å². The highest BCUT2D eigenvalue weighted by atomic mass is 16.1. The van der Waals surface area contributed by atoms with E-state index in [1.165, 1.54) is 0 Å². The van der Waals surface area contributed by atoms with Crippen LogP contribution >= 0.6 is 0 Å². The van der Waals surface area contributed by atoms with E-state index in [0.29, 0.717) is 0 Å². The average Bonchev–Trinajstić information content (AvgIpc) is 3.60. The Hall–Kier alpha value is -3.79. The van der Waals surface area contributed by atoms with Crippen molar-refractivity contribution in [1.29, 1.82) is 0 Å². The van der Waals surface area contributed by atoms with Crippen molar-refractivity contribution in [2.75, 3.05) is 0 Å². The van der Waals surface area contributed by atoms with E-state index in [1.54, 1.807) is 6.20 Å². The Labute approximate surface area is 173 Å². The predicted molar refractivity (Wildman–Crippen MR) is 120 cm³/mol. The van der Waals surface area contributed by atoms with E-state index in [2.05, 4.69) is 29.2 Å². The molecule has 2 aromatic carbocycles. The third kappa shape index (κ3) is 2.72. The molecule has 1 saturated carbocycles. The van der Waals surface area contributed by atoms with Crippen molar-refractivity contribution in [3.05, 3.63) is 107 Å². The highest BCUT2D eigenvalue weighted by molar-refractivity contribution is 5.95. The van der Waals surface area contributed by atoms with Crippen LogP contribution in [0.4, 0.5) is 0 Å². The predicted octanol–water partition coefficient (Wildman–Crippen LogP) is 5.34. The van der Waals surface area contributed by atoms with Gasteiger partial charge in [-0.05, 0) is 47.7 Å². The fourth-order valence-corrected chi connectivity index (χ4v) is 4.42. The lowest BCUT2D eigenvalue weighted by molar-refractivity contribution is 0.688. The van der Waals surface area contributed by atoms with Gasteiger partial charge in [0.05, 0.1) is 5.52 Å². The van der Waals surface area contributed by atoms with E-state index in [-0.39, 0.29) is 17.5 Å². The van der Waals surface area contributed by atoms with Gasteiger partial charge in [0.25, 0.3) is 5.56 Å². The Morgan fingerprint density at radius 3 is 2.70 bits per heavy atom. The number of nitrogens with zero attached hydrogens (tertiary/aromatic N) is 3. The third-order valence-electron chi connectivity index (χ3n) is 6.06. The molecule has 1 aliphatic rings. The Morgan fingerprint density at radius 1 is 0.867 bits per heavy atom. The maximum atomic E-state index is 13.3. The van der Waals surface area contributed by atoms with Crippen molar-refractivity contribution >= 4 is 21.7 Å². The molecular weight excluding hydrogens is 370 g/mol. The summed E-state index contributed by atoms with van der Waals surface area (Å²) in [6.07, 6.45) is 6.48. The van der Waals surface area contributed by atoms with Crippen LogP contribution in [0.2, 0.25) is 0 Å². The first-order valence-electron chi connectivity index (χ1n) is 10.2. The first kappa shape index (κ1) is 17.1. The van der Waals surface area contributed by atoms with E-state index in [4.69, 9.17) is 4.98 Å². The van der Waals surface area contributed by atoms with Crippen LogP contribution in [0.1, 0.15) is 24.1 Å². The van der Waals surface area contributed by atoms with Gasteiger partial charge < -0.3 is 4.57 Å². The number of benzene rings is 2. The SMILES string of the molecule is O=c1c2cccc(-c3cccnc3)c2ccn1[C@@H]1C[C@H]1c1ccc2ccccc2n1. The molecule has 4 nitrogen and oxygen atoms in total. The van der Waals surface area contributed by atoms with Crippen LogP contribution in [0.15, 0.2) is 96.2 Å². The first-order valence-corrected chi connectivity index (χ1v) is 10.2. The van der Waals surface area contributed by atoms with Crippen molar-refractivity contribution in [2.24, 2.45) is 0 Å². The van der Waals surface area contributed by atoms with Crippen molar-refractivity contribution in [3.63, 3.8) is 0 Å². The number of hydrogen-bond acceptors (Lipinski definition) is 3. The van der Waals surface area contributed by atoms with Gasteiger partial charge in [-0.3, -0.25) is 14.8 Å². The van der Waals surface area contributed by atoms with Crippen LogP contribution in [-0.4, -0.2) is 14.5 Å². The standard InChI is InChI=1S/C26H19N3O/c30-26-21-8-3-7-19(18-6-4-13-27-16-18)20(21)12-14-29(26)25-15-22(25)24-11-10-17-5-1-2-9-23(17)28-24/h1-14,16,22,25H,15H2/t22-,25+/m0/s1. The molecule has 30 heavy (non-hydrogen) atoms. The average molecular weight is 389 g/mol. The van der Waals surface area contributed by atoms with Gasteiger partial charge in [0.2, 0.25) is 0 Å². The summed E-state index contributed by atoms with van der Waals surface area (Å²) in [4.78, 5) is 22.4. The van der Waals surface area contributed by atoms with Gasteiger partial charge in [-0.2, -0.15) is 0 Å². The normalized spacial score (nSPS) is 18.0. The zero-order valence-corrected chi connectivity index (χ0v) is 16.3. The number of fused-ring (bicyclic) bond motifs is 2. The molecule has 0 saturated heterocycles. The fourth-order valence-electron chi connectivity index (χ4n) is 4.42. The number of aromatic nitrogens is 3. The van der Waals surface area contributed by atoms with Crippen LogP contribution < -0.4 is 5.56 Å². The molecule has 4 heteroatoms. The van der Waals surface area contributed by atoms with Crippen molar-refractivity contribution in [2.45, 2.75) is 18.4 Å². The molecular formula is C26H19N3O. The van der Waals surface area contributed by atoms with Gasteiger partial charge in [-0.15, -0.1) is 0 Å². The monoisotopic (exact) mass is 389 g/mol. The summed E-state index contributed by atoms with van der Waals surface area (Å²) >= 11 is 0. The van der Waals surface area contributed by atoms with Crippen LogP contribution in [0.5, 0.6) is 0 Å². The summed E-state index contributed by atoms with van der Waals surface area (Å²) in [5.74, 6) is 0.284. The minimum Gasteiger partial charge on any atom is -0.311 e. The molecule has 3 aromatic heterocycles. The minimum atomic E-state index is 0.0616. The summed E-state index contributed by atoms with van der Waals surface area (Å²) in [6.45, 7) is 0. The summed E-state index contributed by atoms with van der Waals surface area (Å²) in [6, 6.07) is 24.4. The fraction of sp³-hybridized carbons (Fsp3) is 0.115. The van der Waals surface area contributed by atoms with E-state index < -0.39 is 0 Å². The molecule has 6 rings (SSSR count). The van der Waals surface area contributed by atoms with Gasteiger partial charge in [0, 0.05) is 52.6 Å². The Morgan fingerprint density at radius 2 is 1.80 bits per heavy atom. The lowest BCUT2D eigenvalue weighted by Crippen LogP contribution is -2.19. The number of rotatable bonds is 3. The molecule has 3 heterocycles. The van der Waals surface area contributed by atoms with Gasteiger partial charge in [0.1, 0.15) is 0 Å². The van der Waals surface area contributed by atoms with Crippen LogP contribution in [0.3, 0.4) is 0 Å². The van der Waals surface area contributed by atoms with Gasteiger partial charge in [-0.25, -0.2) is 0 Å². The molecule has 0 N–H and O–H groups in total. The van der Waals surface area contributed by atoms with Crippen LogP contribution in [0, 0.1) is 0 Å². The zero-order valence-electron chi connectivity index (χ0n) is 16.3. The molecule has 0 aliphatic heterocycles. The molecule has 1 aliphatic carbocycles. The first-order chi connectivity index (χ1) is 14.8. The van der Waals surface area contributed by atoms with E-state index >= 15 is 0 Å². The highest BCUT2D eigenvalue weighted by Gasteiger charge is 2.41. The Bertz CT molecular complexity index is 1460. The molecule has 0 spiro atoms. The molecule has 0 radical (unpaired) electrons. The largest absolute Gasteiger partial charge is 0.311 e. The van der Waals surface area contributed by atoms with E-state index in [9.17, 15) is 4.79 Å². The van der Waals surface area contributed by atoms with E-state index in [1.807, 2.05) is 65.5 Å². The molecule has 0 unspecified atom stereocenters. The third-order valence-corrected chi connectivity index (χ3v) is 6.06. The number of pyridine rings is 3. The molecule has 144 valence electrons. The molecule has 0 bridgehead atoms. The Balaban J connectivity index is 1.39. The smallest absolute Gasteiger partial charge is 0.258 e. The summed E-state index contributed by atoms with van der Waals surface area (Å²) in [5.41, 5.74) is 4.19. The number of hydrogen-bond donors (Lipinski definition) is 0. The number of para-hydroxylation sites is 1. The molecule has 5 aromatic rings. The summed E-state index contributed by atoms with van der Waals surface area (Å²) in [7, 11) is 0. The molecule has 1 fully saturated rings. The van der Waals surface area contributed by atoms with Gasteiger partial charge in [-0.1, -0.05) is 42.5 Å². The second kappa shape index (κ2) is 6.63. The summed E-state index contributed by atoms with van der Waals surface area (Å²) in [5, 5.41) is 2.85. The quantitative estimate of drug-likeness (QED) is 0.418. The van der Waals surface area contributed by atoms with Crippen molar-refractivity contribution in [1.82, 2.24) is 14.5 Å². The zero-order chi connectivity index (χ0) is 20.1. The second-order valence-corrected chi connectivity index (χ2v) is 7.88.